The van der Waals surface area contributed by atoms with Gasteiger partial charge in [0.2, 0.25) is 0 Å². The van der Waals surface area contributed by atoms with Crippen molar-refractivity contribution in [1.82, 2.24) is 24.7 Å². The zero-order valence-electron chi connectivity index (χ0n) is 21.3. The molecule has 6 N–H and O–H groups in total. The number of phenolic OH excluding ortho intramolecular Hbond substituents is 1. The fourth-order valence-corrected chi connectivity index (χ4v) is 3.02. The molecule has 3 heterocycles. The molecule has 0 unspecified atom stereocenters. The number of nitrogen functional groups attached to an aromatic ring is 2. The SMILES string of the molecule is C=Cc1cc(C(=O)Nc2ccc(C#N)cn2)c(O)c(N)c1C=C.CC.N#Cc1cnn(-c2ncccn2)c1N. The molecule has 0 saturated carbocycles. The van der Waals surface area contributed by atoms with Gasteiger partial charge in [0.25, 0.3) is 11.9 Å². The predicted octanol–water partition coefficient (Wildman–Crippen LogP) is 3.92. The van der Waals surface area contributed by atoms with Crippen molar-refractivity contribution in [1.29, 1.82) is 10.5 Å². The number of nitriles is 2. The van der Waals surface area contributed by atoms with Crippen molar-refractivity contribution in [3.05, 3.63) is 90.0 Å². The second-order valence-electron chi connectivity index (χ2n) is 7.11. The summed E-state index contributed by atoms with van der Waals surface area (Å²) in [4.78, 5) is 24.2. The molecule has 3 aromatic heterocycles. The van der Waals surface area contributed by atoms with E-state index in [-0.39, 0.29) is 28.6 Å². The number of pyridine rings is 1. The van der Waals surface area contributed by atoms with E-state index >= 15 is 0 Å². The third-order valence-corrected chi connectivity index (χ3v) is 4.88. The molecule has 0 spiro atoms. The van der Waals surface area contributed by atoms with Gasteiger partial charge in [-0.3, -0.25) is 4.79 Å². The van der Waals surface area contributed by atoms with E-state index in [0.717, 1.165) is 0 Å². The molecule has 12 heteroatoms. The summed E-state index contributed by atoms with van der Waals surface area (Å²) in [5, 5.41) is 33.9. The Bertz CT molecular complexity index is 1550. The number of carbonyl (C=O) groups excluding carboxylic acids is 1. The van der Waals surface area contributed by atoms with E-state index in [1.165, 1.54) is 47.4 Å². The van der Waals surface area contributed by atoms with E-state index in [9.17, 15) is 9.90 Å². The third-order valence-electron chi connectivity index (χ3n) is 4.88. The van der Waals surface area contributed by atoms with Crippen molar-refractivity contribution >= 4 is 35.4 Å². The van der Waals surface area contributed by atoms with Crippen LogP contribution in [0.2, 0.25) is 0 Å². The molecule has 0 bridgehead atoms. The lowest BCUT2D eigenvalue weighted by molar-refractivity contribution is 0.102. The van der Waals surface area contributed by atoms with Crippen molar-refractivity contribution in [3.8, 4) is 23.8 Å². The van der Waals surface area contributed by atoms with Crippen LogP contribution in [0.25, 0.3) is 18.1 Å². The highest BCUT2D eigenvalue weighted by Gasteiger charge is 2.18. The number of anilines is 3. The summed E-state index contributed by atoms with van der Waals surface area (Å²) in [6.45, 7) is 11.3. The van der Waals surface area contributed by atoms with Gasteiger partial charge in [0.05, 0.1) is 23.0 Å². The van der Waals surface area contributed by atoms with Gasteiger partial charge in [0, 0.05) is 24.2 Å². The monoisotopic (exact) mass is 522 g/mol. The topological polar surface area (TPSA) is 205 Å². The van der Waals surface area contributed by atoms with Gasteiger partial charge in [-0.2, -0.15) is 20.3 Å². The molecule has 4 rings (SSSR count). The van der Waals surface area contributed by atoms with Crippen LogP contribution in [0.3, 0.4) is 0 Å². The number of nitrogens with one attached hydrogen (secondary N) is 1. The molecule has 0 aliphatic carbocycles. The van der Waals surface area contributed by atoms with Crippen LogP contribution in [0.4, 0.5) is 17.3 Å². The number of benzene rings is 1. The minimum atomic E-state index is -0.579. The first-order chi connectivity index (χ1) is 18.8. The molecule has 0 aliphatic rings. The quantitative estimate of drug-likeness (QED) is 0.219. The van der Waals surface area contributed by atoms with Gasteiger partial charge in [-0.15, -0.1) is 0 Å². The first-order valence-electron chi connectivity index (χ1n) is 11.4. The molecule has 1 amide bonds. The van der Waals surface area contributed by atoms with E-state index in [2.05, 4.69) is 38.5 Å². The average molecular weight is 523 g/mol. The Kier molecular flexibility index (Phi) is 10.4. The van der Waals surface area contributed by atoms with Crippen LogP contribution in [0, 0.1) is 22.7 Å². The Labute approximate surface area is 225 Å². The van der Waals surface area contributed by atoms with Gasteiger partial charge >= 0.3 is 0 Å². The largest absolute Gasteiger partial charge is 0.505 e. The summed E-state index contributed by atoms with van der Waals surface area (Å²) >= 11 is 0. The number of rotatable bonds is 5. The number of hydrogen-bond donors (Lipinski definition) is 4. The van der Waals surface area contributed by atoms with Crippen molar-refractivity contribution in [2.45, 2.75) is 13.8 Å². The summed E-state index contributed by atoms with van der Waals surface area (Å²) in [7, 11) is 0. The Morgan fingerprint density at radius 3 is 2.28 bits per heavy atom. The maximum absolute atomic E-state index is 12.3. The fourth-order valence-electron chi connectivity index (χ4n) is 3.02. The number of nitrogens with two attached hydrogens (primary N) is 2. The van der Waals surface area contributed by atoms with Gasteiger partial charge in [-0.05, 0) is 29.8 Å². The molecule has 39 heavy (non-hydrogen) atoms. The molecule has 0 fully saturated rings. The Balaban J connectivity index is 0.000000284. The number of carbonyl (C=O) groups is 1. The number of hydrogen-bond acceptors (Lipinski definition) is 10. The van der Waals surface area contributed by atoms with Gasteiger partial charge < -0.3 is 21.9 Å². The fraction of sp³-hybridized carbons (Fsp3) is 0.0741. The molecule has 0 saturated heterocycles. The van der Waals surface area contributed by atoms with Crippen LogP contribution in [-0.2, 0) is 0 Å². The normalized spacial score (nSPS) is 9.33. The average Bonchev–Trinajstić information content (AvgIpc) is 3.36. The van der Waals surface area contributed by atoms with Gasteiger partial charge in [-0.25, -0.2) is 15.0 Å². The smallest absolute Gasteiger partial charge is 0.260 e. The second-order valence-corrected chi connectivity index (χ2v) is 7.11. The molecule has 196 valence electrons. The lowest BCUT2D eigenvalue weighted by Crippen LogP contribution is -2.14. The molecule has 0 atom stereocenters. The van der Waals surface area contributed by atoms with Crippen molar-refractivity contribution < 1.29 is 9.90 Å². The molecule has 1 aromatic carbocycles. The van der Waals surface area contributed by atoms with E-state index < -0.39 is 5.91 Å². The van der Waals surface area contributed by atoms with Crippen molar-refractivity contribution in [3.63, 3.8) is 0 Å². The van der Waals surface area contributed by atoms with E-state index in [1.54, 1.807) is 18.5 Å². The Hall–Kier alpha value is -6.01. The lowest BCUT2D eigenvalue weighted by Gasteiger charge is -2.13. The molecule has 0 aliphatic heterocycles. The maximum atomic E-state index is 12.3. The van der Waals surface area contributed by atoms with Gasteiger partial charge in [-0.1, -0.05) is 39.2 Å². The molecular formula is C27H26N10O2. The minimum Gasteiger partial charge on any atom is -0.505 e. The highest BCUT2D eigenvalue weighted by molar-refractivity contribution is 6.08. The molecule has 0 radical (unpaired) electrons. The van der Waals surface area contributed by atoms with E-state index in [0.29, 0.717) is 28.2 Å². The van der Waals surface area contributed by atoms with E-state index in [1.807, 2.05) is 26.0 Å². The number of aromatic nitrogens is 5. The second kappa shape index (κ2) is 13.9. The number of phenols is 1. The summed E-state index contributed by atoms with van der Waals surface area (Å²) in [6.07, 6.45) is 8.87. The first-order valence-corrected chi connectivity index (χ1v) is 11.4. The van der Waals surface area contributed by atoms with Crippen LogP contribution >= 0.6 is 0 Å². The molecular weight excluding hydrogens is 496 g/mol. The zero-order valence-corrected chi connectivity index (χ0v) is 21.3. The van der Waals surface area contributed by atoms with Crippen LogP contribution in [0.15, 0.2) is 62.2 Å². The van der Waals surface area contributed by atoms with Gasteiger partial charge in [0.1, 0.15) is 29.3 Å². The highest BCUT2D eigenvalue weighted by Crippen LogP contribution is 2.33. The predicted molar refractivity (Wildman–Crippen MR) is 149 cm³/mol. The van der Waals surface area contributed by atoms with Crippen LogP contribution < -0.4 is 16.8 Å². The first kappa shape index (κ1) is 29.2. The minimum absolute atomic E-state index is 0.00541. The van der Waals surface area contributed by atoms with Crippen molar-refractivity contribution in [2.75, 3.05) is 16.8 Å². The number of amides is 1. The Morgan fingerprint density at radius 1 is 1.08 bits per heavy atom. The summed E-state index contributed by atoms with van der Waals surface area (Å²) in [5.41, 5.74) is 13.3. The van der Waals surface area contributed by atoms with Crippen LogP contribution in [0.1, 0.15) is 46.5 Å². The van der Waals surface area contributed by atoms with Gasteiger partial charge in [0.15, 0.2) is 5.75 Å². The number of nitrogens with zero attached hydrogens (tertiary/aromatic N) is 7. The van der Waals surface area contributed by atoms with Crippen molar-refractivity contribution in [2.24, 2.45) is 0 Å². The number of aromatic hydroxyl groups is 1. The van der Waals surface area contributed by atoms with E-state index in [4.69, 9.17) is 22.0 Å². The molecule has 4 aromatic rings. The molecule has 12 nitrogen and oxygen atoms in total. The standard InChI is InChI=1S/C17H14N4O2.C8H6N6.C2H6/c1-3-11-7-13(16(22)15(19)12(11)4-2)17(23)21-14-6-5-10(8-18)9-20-14;9-4-6-5-13-14(7(6)10)8-11-2-1-3-12-8;1-2/h3-7,9,22H,1-2,19H2,(H,20,21,23);1-3,5H,10H2;1-2H3. The van der Waals surface area contributed by atoms with Crippen LogP contribution in [-0.4, -0.2) is 35.7 Å². The van der Waals surface area contributed by atoms with Crippen LogP contribution in [0.5, 0.6) is 5.75 Å². The summed E-state index contributed by atoms with van der Waals surface area (Å²) in [5.74, 6) is -0.0631. The summed E-state index contributed by atoms with van der Waals surface area (Å²) < 4.78 is 1.32. The Morgan fingerprint density at radius 2 is 1.77 bits per heavy atom. The maximum Gasteiger partial charge on any atom is 0.260 e. The zero-order chi connectivity index (χ0) is 28.9. The summed E-state index contributed by atoms with van der Waals surface area (Å²) in [6, 6.07) is 10.0. The lowest BCUT2D eigenvalue weighted by atomic mass is 9.99. The highest BCUT2D eigenvalue weighted by atomic mass is 16.3. The third kappa shape index (κ3) is 6.81.